The number of nitrogens with one attached hydrogen (secondary N) is 2. The fraction of sp³-hybridized carbons (Fsp3) is 0.333. The van der Waals surface area contributed by atoms with Gasteiger partial charge < -0.3 is 10.3 Å². The number of carbonyl (C=O) groups is 2. The molecule has 2 aromatic rings. The number of aromatic nitrogens is 1. The third-order valence-electron chi connectivity index (χ3n) is 3.60. The maximum absolute atomic E-state index is 12.4. The van der Waals surface area contributed by atoms with Crippen LogP contribution in [0.1, 0.15) is 16.8 Å². The van der Waals surface area contributed by atoms with Crippen molar-refractivity contribution < 1.29 is 9.59 Å². The highest BCUT2D eigenvalue weighted by atomic mass is 16.2. The largest absolute Gasteiger partial charge is 0.360 e. The first kappa shape index (κ1) is 12.9. The minimum atomic E-state index is -0.00535. The van der Waals surface area contributed by atoms with Crippen molar-refractivity contribution in [1.29, 1.82) is 0 Å². The van der Waals surface area contributed by atoms with Crippen molar-refractivity contribution in [2.24, 2.45) is 0 Å². The average molecular weight is 271 g/mol. The maximum atomic E-state index is 12.4. The van der Waals surface area contributed by atoms with Crippen LogP contribution in [0.5, 0.6) is 0 Å². The molecule has 5 heteroatoms. The zero-order valence-electron chi connectivity index (χ0n) is 11.2. The number of hydrogen-bond acceptors (Lipinski definition) is 3. The van der Waals surface area contributed by atoms with Crippen LogP contribution in [-0.4, -0.2) is 47.8 Å². The van der Waals surface area contributed by atoms with E-state index in [1.807, 2.05) is 29.2 Å². The number of rotatable bonds is 3. The van der Waals surface area contributed by atoms with Crippen LogP contribution in [0, 0.1) is 0 Å². The van der Waals surface area contributed by atoms with Crippen molar-refractivity contribution in [3.63, 3.8) is 0 Å². The second-order valence-corrected chi connectivity index (χ2v) is 5.09. The van der Waals surface area contributed by atoms with Crippen molar-refractivity contribution in [1.82, 2.24) is 15.2 Å². The number of carbonyl (C=O) groups excluding carboxylic acids is 2. The van der Waals surface area contributed by atoms with Gasteiger partial charge in [0.1, 0.15) is 0 Å². The lowest BCUT2D eigenvalue weighted by atomic mass is 10.1. The molecule has 1 aliphatic heterocycles. The van der Waals surface area contributed by atoms with Crippen LogP contribution in [-0.2, 0) is 4.79 Å². The Morgan fingerprint density at radius 2 is 2.15 bits per heavy atom. The fourth-order valence-electron chi connectivity index (χ4n) is 2.59. The number of aromatic amines is 1. The topological polar surface area (TPSA) is 65.2 Å². The third-order valence-corrected chi connectivity index (χ3v) is 3.60. The Morgan fingerprint density at radius 3 is 3.05 bits per heavy atom. The number of amides is 1. The van der Waals surface area contributed by atoms with E-state index >= 15 is 0 Å². The van der Waals surface area contributed by atoms with E-state index in [4.69, 9.17) is 0 Å². The Balaban J connectivity index is 1.77. The van der Waals surface area contributed by atoms with Gasteiger partial charge in [-0.2, -0.15) is 0 Å². The SMILES string of the molecule is O=C1CN(CC(=O)c2c[nH]c3ccccc23)CCCN1. The first-order valence-electron chi connectivity index (χ1n) is 6.82. The molecule has 104 valence electrons. The van der Waals surface area contributed by atoms with E-state index in [9.17, 15) is 9.59 Å². The minimum absolute atomic E-state index is 0.00535. The summed E-state index contributed by atoms with van der Waals surface area (Å²) in [6, 6.07) is 7.75. The molecular formula is C15H17N3O2. The molecular weight excluding hydrogens is 254 g/mol. The molecule has 0 spiro atoms. The molecule has 3 rings (SSSR count). The Kier molecular flexibility index (Phi) is 3.52. The van der Waals surface area contributed by atoms with E-state index in [2.05, 4.69) is 10.3 Å². The molecule has 1 aromatic heterocycles. The fourth-order valence-corrected chi connectivity index (χ4v) is 2.59. The van der Waals surface area contributed by atoms with Gasteiger partial charge in [-0.05, 0) is 12.5 Å². The predicted octanol–water partition coefficient (Wildman–Crippen LogP) is 1.17. The number of hydrogen-bond donors (Lipinski definition) is 2. The molecule has 1 amide bonds. The molecule has 20 heavy (non-hydrogen) atoms. The quantitative estimate of drug-likeness (QED) is 0.824. The molecule has 0 saturated carbocycles. The molecule has 0 atom stereocenters. The number of ketones is 1. The highest BCUT2D eigenvalue weighted by Crippen LogP contribution is 2.18. The predicted molar refractivity (Wildman–Crippen MR) is 76.7 cm³/mol. The maximum Gasteiger partial charge on any atom is 0.234 e. The Bertz CT molecular complexity index is 647. The van der Waals surface area contributed by atoms with Gasteiger partial charge >= 0.3 is 0 Å². The summed E-state index contributed by atoms with van der Waals surface area (Å²) in [5.74, 6) is 0.0476. The van der Waals surface area contributed by atoms with Crippen molar-refractivity contribution in [2.45, 2.75) is 6.42 Å². The van der Waals surface area contributed by atoms with E-state index < -0.39 is 0 Å². The van der Waals surface area contributed by atoms with Crippen LogP contribution in [0.15, 0.2) is 30.5 Å². The van der Waals surface area contributed by atoms with Crippen LogP contribution in [0.25, 0.3) is 10.9 Å². The molecule has 0 bridgehead atoms. The molecule has 1 aromatic carbocycles. The van der Waals surface area contributed by atoms with Crippen molar-refractivity contribution >= 4 is 22.6 Å². The van der Waals surface area contributed by atoms with Crippen LogP contribution < -0.4 is 5.32 Å². The molecule has 1 fully saturated rings. The summed E-state index contributed by atoms with van der Waals surface area (Å²) in [5.41, 5.74) is 1.66. The van der Waals surface area contributed by atoms with Crippen molar-refractivity contribution in [3.05, 3.63) is 36.0 Å². The van der Waals surface area contributed by atoms with Crippen LogP contribution in [0.3, 0.4) is 0 Å². The molecule has 2 heterocycles. The summed E-state index contributed by atoms with van der Waals surface area (Å²) in [7, 11) is 0. The standard InChI is InChI=1S/C15H17N3O2/c19-14(9-18-7-3-6-16-15(20)10-18)12-8-17-13-5-2-1-4-11(12)13/h1-2,4-5,8,17H,3,6-7,9-10H2,(H,16,20). The zero-order valence-corrected chi connectivity index (χ0v) is 11.2. The van der Waals surface area contributed by atoms with Gasteiger partial charge in [0.2, 0.25) is 5.91 Å². The second kappa shape index (κ2) is 5.46. The zero-order chi connectivity index (χ0) is 13.9. The molecule has 2 N–H and O–H groups in total. The average Bonchev–Trinajstić information content (AvgIpc) is 2.77. The third kappa shape index (κ3) is 2.58. The first-order valence-corrected chi connectivity index (χ1v) is 6.82. The van der Waals surface area contributed by atoms with Gasteiger partial charge in [0, 0.05) is 35.8 Å². The van der Waals surface area contributed by atoms with Gasteiger partial charge in [0.05, 0.1) is 13.1 Å². The van der Waals surface area contributed by atoms with E-state index in [0.29, 0.717) is 18.7 Å². The van der Waals surface area contributed by atoms with Gasteiger partial charge in [-0.25, -0.2) is 0 Å². The summed E-state index contributed by atoms with van der Waals surface area (Å²) in [6.07, 6.45) is 2.64. The van der Waals surface area contributed by atoms with Crippen LogP contribution >= 0.6 is 0 Å². The highest BCUT2D eigenvalue weighted by Gasteiger charge is 2.19. The normalized spacial score (nSPS) is 16.9. The number of Topliss-reactive ketones (excluding diaryl/α,β-unsaturated/α-hetero) is 1. The van der Waals surface area contributed by atoms with E-state index in [1.54, 1.807) is 6.20 Å². The van der Waals surface area contributed by atoms with E-state index in [-0.39, 0.29) is 18.2 Å². The van der Waals surface area contributed by atoms with Crippen molar-refractivity contribution in [3.8, 4) is 0 Å². The number of nitrogens with zero attached hydrogens (tertiary/aromatic N) is 1. The molecule has 0 unspecified atom stereocenters. The van der Waals surface area contributed by atoms with Gasteiger partial charge in [0.25, 0.3) is 0 Å². The van der Waals surface area contributed by atoms with Gasteiger partial charge in [-0.3, -0.25) is 14.5 Å². The Labute approximate surface area is 117 Å². The van der Waals surface area contributed by atoms with Gasteiger partial charge in [-0.15, -0.1) is 0 Å². The van der Waals surface area contributed by atoms with Crippen LogP contribution in [0.2, 0.25) is 0 Å². The lowest BCUT2D eigenvalue weighted by Crippen LogP contribution is -2.36. The lowest BCUT2D eigenvalue weighted by molar-refractivity contribution is -0.121. The monoisotopic (exact) mass is 271 g/mol. The molecule has 1 aliphatic rings. The second-order valence-electron chi connectivity index (χ2n) is 5.09. The lowest BCUT2D eigenvalue weighted by Gasteiger charge is -2.16. The minimum Gasteiger partial charge on any atom is -0.360 e. The first-order chi connectivity index (χ1) is 9.74. The van der Waals surface area contributed by atoms with Gasteiger partial charge in [0.15, 0.2) is 5.78 Å². The smallest absolute Gasteiger partial charge is 0.234 e. The summed E-state index contributed by atoms with van der Waals surface area (Å²) in [5, 5.41) is 3.76. The van der Waals surface area contributed by atoms with E-state index in [1.165, 1.54) is 0 Å². The number of para-hydroxylation sites is 1. The molecule has 5 nitrogen and oxygen atoms in total. The highest BCUT2D eigenvalue weighted by molar-refractivity contribution is 6.08. The summed E-state index contributed by atoms with van der Waals surface area (Å²) in [4.78, 5) is 28.9. The summed E-state index contributed by atoms with van der Waals surface area (Å²) in [6.45, 7) is 2.05. The Morgan fingerprint density at radius 1 is 1.30 bits per heavy atom. The Hall–Kier alpha value is -2.14. The number of benzene rings is 1. The molecule has 0 aliphatic carbocycles. The molecule has 0 radical (unpaired) electrons. The van der Waals surface area contributed by atoms with Gasteiger partial charge in [-0.1, -0.05) is 18.2 Å². The summed E-state index contributed by atoms with van der Waals surface area (Å²) < 4.78 is 0. The van der Waals surface area contributed by atoms with E-state index in [0.717, 1.165) is 23.9 Å². The van der Waals surface area contributed by atoms with Crippen LogP contribution in [0.4, 0.5) is 0 Å². The summed E-state index contributed by atoms with van der Waals surface area (Å²) >= 11 is 0. The molecule has 1 saturated heterocycles. The number of fused-ring (bicyclic) bond motifs is 1. The number of H-pyrrole nitrogens is 1. The van der Waals surface area contributed by atoms with Crippen molar-refractivity contribution in [2.75, 3.05) is 26.2 Å².